The van der Waals surface area contributed by atoms with Crippen LogP contribution in [0.4, 0.5) is 0 Å². The quantitative estimate of drug-likeness (QED) is 0.499. The number of carbonyl (C=O) groups is 1. The Labute approximate surface area is 172 Å². The molecular weight excluding hydrogens is 382 g/mol. The lowest BCUT2D eigenvalue weighted by Gasteiger charge is -2.11. The normalized spacial score (nSPS) is 10.9. The van der Waals surface area contributed by atoms with E-state index in [1.54, 1.807) is 25.4 Å². The van der Waals surface area contributed by atoms with E-state index in [0.29, 0.717) is 23.3 Å². The molecule has 2 aromatic heterocycles. The largest absolute Gasteiger partial charge is 0.481 e. The van der Waals surface area contributed by atoms with Crippen molar-refractivity contribution in [3.63, 3.8) is 0 Å². The van der Waals surface area contributed by atoms with Crippen molar-refractivity contribution in [2.45, 2.75) is 6.54 Å². The molecule has 0 amide bonds. The van der Waals surface area contributed by atoms with Gasteiger partial charge in [-0.25, -0.2) is 9.97 Å². The maximum Gasteiger partial charge on any atom is 0.261 e. The van der Waals surface area contributed by atoms with Crippen molar-refractivity contribution in [1.82, 2.24) is 14.5 Å². The van der Waals surface area contributed by atoms with Crippen molar-refractivity contribution in [1.29, 1.82) is 0 Å². The summed E-state index contributed by atoms with van der Waals surface area (Å²) >= 11 is 0. The third kappa shape index (κ3) is 3.70. The second kappa shape index (κ2) is 8.26. The molecule has 0 unspecified atom stereocenters. The van der Waals surface area contributed by atoms with Crippen molar-refractivity contribution in [2.75, 3.05) is 13.7 Å². The Kier molecular flexibility index (Phi) is 5.36. The Balaban J connectivity index is 1.72. The maximum atomic E-state index is 13.0. The summed E-state index contributed by atoms with van der Waals surface area (Å²) in [5, 5.41) is 9.41. The lowest BCUT2D eigenvalue weighted by molar-refractivity contribution is 0.0904. The zero-order chi connectivity index (χ0) is 21.1. The molecule has 0 bridgehead atoms. The van der Waals surface area contributed by atoms with Crippen molar-refractivity contribution in [2.24, 2.45) is 0 Å². The summed E-state index contributed by atoms with van der Waals surface area (Å²) < 4.78 is 6.84. The third-order valence-corrected chi connectivity index (χ3v) is 4.85. The van der Waals surface area contributed by atoms with Crippen molar-refractivity contribution in [3.05, 3.63) is 88.6 Å². The van der Waals surface area contributed by atoms with Gasteiger partial charge in [0.2, 0.25) is 5.88 Å². The van der Waals surface area contributed by atoms with Crippen LogP contribution in [0.15, 0.2) is 71.9 Å². The molecule has 0 aliphatic rings. The molecule has 4 rings (SSSR count). The van der Waals surface area contributed by atoms with Gasteiger partial charge in [-0.15, -0.1) is 0 Å². The van der Waals surface area contributed by atoms with Crippen LogP contribution in [-0.4, -0.2) is 39.1 Å². The number of methoxy groups -OCH3 is 1. The van der Waals surface area contributed by atoms with Crippen LogP contribution in [0, 0.1) is 0 Å². The van der Waals surface area contributed by atoms with Crippen LogP contribution in [0.2, 0.25) is 0 Å². The topological polar surface area (TPSA) is 94.3 Å². The second-order valence-corrected chi connectivity index (χ2v) is 6.75. The van der Waals surface area contributed by atoms with Gasteiger partial charge < -0.3 is 9.84 Å². The highest BCUT2D eigenvalue weighted by atomic mass is 16.5. The fraction of sp³-hybridized carbons (Fsp3) is 0.130. The summed E-state index contributed by atoms with van der Waals surface area (Å²) in [6.07, 6.45) is 3.16. The molecular formula is C23H19N3O4. The average molecular weight is 401 g/mol. The number of aliphatic hydroxyl groups excluding tert-OH is 1. The SMILES string of the molecule is COc1ncccc1-c1cccc(Cn2cnc3ccc(C(=O)CO)cc3c2=O)c1. The van der Waals surface area contributed by atoms with Gasteiger partial charge in [-0.1, -0.05) is 18.2 Å². The van der Waals surface area contributed by atoms with Crippen molar-refractivity contribution >= 4 is 16.7 Å². The van der Waals surface area contributed by atoms with E-state index in [1.165, 1.54) is 17.0 Å². The lowest BCUT2D eigenvalue weighted by Crippen LogP contribution is -2.21. The number of aliphatic hydroxyl groups is 1. The van der Waals surface area contributed by atoms with E-state index < -0.39 is 12.4 Å². The molecule has 1 N–H and O–H groups in total. The first-order valence-electron chi connectivity index (χ1n) is 9.32. The summed E-state index contributed by atoms with van der Waals surface area (Å²) in [7, 11) is 1.58. The lowest BCUT2D eigenvalue weighted by atomic mass is 10.0. The van der Waals surface area contributed by atoms with Gasteiger partial charge in [0, 0.05) is 17.3 Å². The molecule has 7 nitrogen and oxygen atoms in total. The predicted octanol–water partition coefficient (Wildman–Crippen LogP) is 2.69. The zero-order valence-corrected chi connectivity index (χ0v) is 16.3. The van der Waals surface area contributed by atoms with Crippen LogP contribution in [0.5, 0.6) is 5.88 Å². The molecule has 0 saturated carbocycles. The number of Topliss-reactive ketones (excluding diaryl/α,β-unsaturated/α-hetero) is 1. The fourth-order valence-corrected chi connectivity index (χ4v) is 3.34. The third-order valence-electron chi connectivity index (χ3n) is 4.85. The molecule has 30 heavy (non-hydrogen) atoms. The summed E-state index contributed by atoms with van der Waals surface area (Å²) in [6.45, 7) is -0.291. The van der Waals surface area contributed by atoms with E-state index in [2.05, 4.69) is 9.97 Å². The minimum absolute atomic E-state index is 0.253. The van der Waals surface area contributed by atoms with Gasteiger partial charge in [-0.2, -0.15) is 0 Å². The molecule has 0 fully saturated rings. The standard InChI is InChI=1S/C23H19N3O4/c1-30-22-18(6-3-9-24-22)16-5-2-4-15(10-16)12-26-14-25-20-8-7-17(21(28)13-27)11-19(20)23(26)29/h2-11,14,27H,12-13H2,1H3. The molecule has 0 aliphatic carbocycles. The van der Waals surface area contributed by atoms with Gasteiger partial charge in [0.1, 0.15) is 6.61 Å². The van der Waals surface area contributed by atoms with Gasteiger partial charge in [-0.3, -0.25) is 14.2 Å². The highest BCUT2D eigenvalue weighted by molar-refractivity contribution is 5.99. The highest BCUT2D eigenvalue weighted by Gasteiger charge is 2.11. The average Bonchev–Trinajstić information content (AvgIpc) is 2.80. The Bertz CT molecular complexity index is 1300. The Morgan fingerprint density at radius 3 is 2.77 bits per heavy atom. The Morgan fingerprint density at radius 2 is 1.97 bits per heavy atom. The van der Waals surface area contributed by atoms with E-state index in [-0.39, 0.29) is 11.1 Å². The minimum atomic E-state index is -0.607. The number of aromatic nitrogens is 3. The molecule has 0 saturated heterocycles. The Hall–Kier alpha value is -3.84. The summed E-state index contributed by atoms with van der Waals surface area (Å²) in [6, 6.07) is 16.2. The smallest absolute Gasteiger partial charge is 0.261 e. The van der Waals surface area contributed by atoms with Crippen LogP contribution in [0.25, 0.3) is 22.0 Å². The van der Waals surface area contributed by atoms with E-state index in [9.17, 15) is 9.59 Å². The first kappa shape index (κ1) is 19.5. The maximum absolute atomic E-state index is 13.0. The van der Waals surface area contributed by atoms with E-state index in [0.717, 1.165) is 16.7 Å². The van der Waals surface area contributed by atoms with Crippen molar-refractivity contribution < 1.29 is 14.6 Å². The number of nitrogens with zero attached hydrogens (tertiary/aromatic N) is 3. The van der Waals surface area contributed by atoms with Gasteiger partial charge in [-0.05, 0) is 47.5 Å². The second-order valence-electron chi connectivity index (χ2n) is 6.75. The van der Waals surface area contributed by atoms with Gasteiger partial charge >= 0.3 is 0 Å². The van der Waals surface area contributed by atoms with Crippen LogP contribution in [0.3, 0.4) is 0 Å². The number of benzene rings is 2. The summed E-state index contributed by atoms with van der Waals surface area (Å²) in [5.74, 6) is 0.0880. The molecule has 0 radical (unpaired) electrons. The van der Waals surface area contributed by atoms with Gasteiger partial charge in [0.25, 0.3) is 5.56 Å². The molecule has 0 aliphatic heterocycles. The molecule has 0 spiro atoms. The summed E-state index contributed by atoms with van der Waals surface area (Å²) in [5.41, 5.74) is 3.22. The molecule has 2 heterocycles. The van der Waals surface area contributed by atoms with E-state index in [4.69, 9.17) is 9.84 Å². The number of hydrogen-bond donors (Lipinski definition) is 1. The molecule has 150 valence electrons. The molecule has 0 atom stereocenters. The van der Waals surface area contributed by atoms with Crippen LogP contribution in [0.1, 0.15) is 15.9 Å². The number of hydrogen-bond acceptors (Lipinski definition) is 6. The number of pyridine rings is 1. The monoisotopic (exact) mass is 401 g/mol. The number of fused-ring (bicyclic) bond motifs is 1. The number of carbonyl (C=O) groups excluding carboxylic acids is 1. The molecule has 2 aromatic carbocycles. The zero-order valence-electron chi connectivity index (χ0n) is 16.3. The highest BCUT2D eigenvalue weighted by Crippen LogP contribution is 2.28. The summed E-state index contributed by atoms with van der Waals surface area (Å²) in [4.78, 5) is 33.3. The predicted molar refractivity (Wildman–Crippen MR) is 113 cm³/mol. The van der Waals surface area contributed by atoms with Crippen LogP contribution < -0.4 is 10.3 Å². The Morgan fingerprint density at radius 1 is 1.10 bits per heavy atom. The van der Waals surface area contributed by atoms with Crippen LogP contribution >= 0.6 is 0 Å². The molecule has 7 heteroatoms. The number of ketones is 1. The first-order valence-corrected chi connectivity index (χ1v) is 9.32. The van der Waals surface area contributed by atoms with Gasteiger partial charge in [0.15, 0.2) is 5.78 Å². The number of rotatable bonds is 6. The number of ether oxygens (including phenoxy) is 1. The van der Waals surface area contributed by atoms with Crippen LogP contribution in [-0.2, 0) is 6.54 Å². The minimum Gasteiger partial charge on any atom is -0.481 e. The molecule has 4 aromatic rings. The van der Waals surface area contributed by atoms with Gasteiger partial charge in [0.05, 0.1) is 30.9 Å². The van der Waals surface area contributed by atoms with Crippen molar-refractivity contribution in [3.8, 4) is 17.0 Å². The fourth-order valence-electron chi connectivity index (χ4n) is 3.34. The first-order chi connectivity index (χ1) is 14.6. The van der Waals surface area contributed by atoms with E-state index in [1.807, 2.05) is 36.4 Å². The van der Waals surface area contributed by atoms with E-state index >= 15 is 0 Å².